The minimum Gasteiger partial charge on any atom is -0.462 e. The molecule has 0 aliphatic rings. The Balaban J connectivity index is 5.23. The first-order valence-corrected chi connectivity index (χ1v) is 42.7. The van der Waals surface area contributed by atoms with Crippen molar-refractivity contribution in [2.45, 2.75) is 408 Å². The minimum absolute atomic E-state index is 0.103. The van der Waals surface area contributed by atoms with Crippen molar-refractivity contribution in [1.82, 2.24) is 0 Å². The largest absolute Gasteiger partial charge is 0.472 e. The summed E-state index contributed by atoms with van der Waals surface area (Å²) in [5.74, 6) is 0.903. The van der Waals surface area contributed by atoms with Gasteiger partial charge in [0.05, 0.1) is 26.4 Å². The van der Waals surface area contributed by atoms with Gasteiger partial charge in [0.2, 0.25) is 0 Å². The number of aliphatic hydroxyl groups excluding tert-OH is 1. The van der Waals surface area contributed by atoms with Crippen molar-refractivity contribution in [1.29, 1.82) is 0 Å². The summed E-state index contributed by atoms with van der Waals surface area (Å²) in [4.78, 5) is 72.8. The maximum absolute atomic E-state index is 13.1. The molecule has 570 valence electrons. The van der Waals surface area contributed by atoms with E-state index in [-0.39, 0.29) is 25.7 Å². The second-order valence-corrected chi connectivity index (χ2v) is 32.6. The first kappa shape index (κ1) is 94.1. The summed E-state index contributed by atoms with van der Waals surface area (Å²) in [6.45, 7) is 14.2. The van der Waals surface area contributed by atoms with Crippen LogP contribution in [0.1, 0.15) is 389 Å². The van der Waals surface area contributed by atoms with Gasteiger partial charge >= 0.3 is 39.5 Å². The van der Waals surface area contributed by atoms with Crippen molar-refractivity contribution in [3.8, 4) is 0 Å². The van der Waals surface area contributed by atoms with Crippen LogP contribution in [-0.2, 0) is 65.4 Å². The number of carbonyl (C=O) groups is 4. The number of rotatable bonds is 74. The zero-order valence-electron chi connectivity index (χ0n) is 63.0. The summed E-state index contributed by atoms with van der Waals surface area (Å²) in [6.07, 6.45) is 51.5. The fourth-order valence-corrected chi connectivity index (χ4v) is 13.3. The zero-order chi connectivity index (χ0) is 71.0. The van der Waals surface area contributed by atoms with Crippen LogP contribution in [0.5, 0.6) is 0 Å². The molecule has 5 atom stereocenters. The summed E-state index contributed by atoms with van der Waals surface area (Å²) < 4.78 is 68.5. The molecule has 0 spiro atoms. The quantitative estimate of drug-likeness (QED) is 0.0222. The number of phosphoric ester groups is 2. The van der Waals surface area contributed by atoms with E-state index in [1.165, 1.54) is 186 Å². The molecule has 3 unspecified atom stereocenters. The van der Waals surface area contributed by atoms with Crippen molar-refractivity contribution in [2.75, 3.05) is 39.6 Å². The van der Waals surface area contributed by atoms with Crippen LogP contribution in [0.2, 0.25) is 0 Å². The van der Waals surface area contributed by atoms with Gasteiger partial charge in [0.1, 0.15) is 19.3 Å². The number of phosphoric acid groups is 2. The normalized spacial score (nSPS) is 14.1. The lowest BCUT2D eigenvalue weighted by Crippen LogP contribution is -2.30. The molecule has 3 N–H and O–H groups in total. The Morgan fingerprint density at radius 2 is 0.438 bits per heavy atom. The highest BCUT2D eigenvalue weighted by atomic mass is 31.2. The Labute approximate surface area is 588 Å². The van der Waals surface area contributed by atoms with E-state index in [9.17, 15) is 43.2 Å². The SMILES string of the molecule is CC(C)CCCCCCCCCCCCCCCCCC(=O)OC[C@H](COP(=O)(O)OCC(O)COP(=O)(O)OC[C@@H](COC(=O)CCCCCCCCCC(C)C)OC(=O)CCCCCCCCCCC(C)C)OC(=O)CCCCCCCCCCCCCCCCC(C)C. The molecule has 0 aliphatic carbocycles. The van der Waals surface area contributed by atoms with Crippen LogP contribution < -0.4 is 0 Å². The van der Waals surface area contributed by atoms with Crippen LogP contribution in [0, 0.1) is 23.7 Å². The molecular weight excluding hydrogens is 1260 g/mol. The van der Waals surface area contributed by atoms with E-state index in [2.05, 4.69) is 55.4 Å². The molecule has 0 aliphatic heterocycles. The zero-order valence-corrected chi connectivity index (χ0v) is 64.8. The van der Waals surface area contributed by atoms with E-state index >= 15 is 0 Å². The second kappa shape index (κ2) is 66.3. The summed E-state index contributed by atoms with van der Waals surface area (Å²) >= 11 is 0. The van der Waals surface area contributed by atoms with Gasteiger partial charge in [-0.05, 0) is 49.4 Å². The van der Waals surface area contributed by atoms with Gasteiger partial charge in [-0.25, -0.2) is 9.13 Å². The van der Waals surface area contributed by atoms with Gasteiger partial charge in [0, 0.05) is 25.7 Å². The predicted octanol–water partition coefficient (Wildman–Crippen LogP) is 22.4. The predicted molar refractivity (Wildman–Crippen MR) is 391 cm³/mol. The molecule has 0 saturated heterocycles. The Hall–Kier alpha value is -1.94. The Kier molecular flexibility index (Phi) is 65.0. The van der Waals surface area contributed by atoms with Gasteiger partial charge in [-0.2, -0.15) is 0 Å². The average Bonchev–Trinajstić information content (AvgIpc) is 1.32. The molecular formula is C77H150O17P2. The van der Waals surface area contributed by atoms with Crippen LogP contribution >= 0.6 is 15.6 Å². The van der Waals surface area contributed by atoms with Crippen molar-refractivity contribution in [3.63, 3.8) is 0 Å². The third-order valence-electron chi connectivity index (χ3n) is 17.8. The molecule has 0 heterocycles. The lowest BCUT2D eigenvalue weighted by atomic mass is 10.0. The number of hydrogen-bond donors (Lipinski definition) is 3. The lowest BCUT2D eigenvalue weighted by molar-refractivity contribution is -0.161. The second-order valence-electron chi connectivity index (χ2n) is 29.7. The molecule has 0 fully saturated rings. The standard InChI is InChI=1S/C77H150O17P2/c1-67(2)53-45-37-29-22-18-14-10-9-11-16-20-24-33-41-49-57-74(79)87-63-72(93-76(81)59-51-43-34-25-21-17-13-12-15-19-23-30-38-46-54-68(3)4)65-91-95(83,84)89-61-71(78)62-90-96(85,86)92-66-73(64-88-75(80)58-50-42-36-28-32-40-48-56-70(7)8)94-77(82)60-52-44-35-27-26-31-39-47-55-69(5)6/h67-73,78H,9-66H2,1-8H3,(H,83,84)(H,85,86)/t71?,72-,73-/m1/s1. The third kappa shape index (κ3) is 70.5. The van der Waals surface area contributed by atoms with Crippen molar-refractivity contribution in [3.05, 3.63) is 0 Å². The minimum atomic E-state index is -4.96. The molecule has 0 aromatic rings. The number of ether oxygens (including phenoxy) is 4. The van der Waals surface area contributed by atoms with E-state index in [0.29, 0.717) is 31.6 Å². The van der Waals surface area contributed by atoms with E-state index in [1.54, 1.807) is 0 Å². The van der Waals surface area contributed by atoms with Gasteiger partial charge in [-0.1, -0.05) is 338 Å². The van der Waals surface area contributed by atoms with Crippen LogP contribution in [0.15, 0.2) is 0 Å². The highest BCUT2D eigenvalue weighted by Gasteiger charge is 2.30. The lowest BCUT2D eigenvalue weighted by Gasteiger charge is -2.21. The maximum atomic E-state index is 13.1. The molecule has 0 bridgehead atoms. The Morgan fingerprint density at radius 3 is 0.646 bits per heavy atom. The fraction of sp³-hybridized carbons (Fsp3) is 0.948. The first-order valence-electron chi connectivity index (χ1n) is 39.7. The fourth-order valence-electron chi connectivity index (χ4n) is 11.7. The van der Waals surface area contributed by atoms with E-state index in [0.717, 1.165) is 114 Å². The molecule has 0 amide bonds. The van der Waals surface area contributed by atoms with Crippen molar-refractivity contribution >= 4 is 39.5 Å². The van der Waals surface area contributed by atoms with Crippen molar-refractivity contribution < 1.29 is 80.2 Å². The summed E-state index contributed by atoms with van der Waals surface area (Å²) in [5.41, 5.74) is 0. The molecule has 0 radical (unpaired) electrons. The highest BCUT2D eigenvalue weighted by Crippen LogP contribution is 2.45. The molecule has 19 heteroatoms. The van der Waals surface area contributed by atoms with Gasteiger partial charge in [0.25, 0.3) is 0 Å². The number of hydrogen-bond acceptors (Lipinski definition) is 15. The molecule has 0 aromatic carbocycles. The van der Waals surface area contributed by atoms with Crippen molar-refractivity contribution in [2.24, 2.45) is 23.7 Å². The molecule has 17 nitrogen and oxygen atoms in total. The van der Waals surface area contributed by atoms with E-state index in [1.807, 2.05) is 0 Å². The highest BCUT2D eigenvalue weighted by molar-refractivity contribution is 7.47. The number of esters is 4. The monoisotopic (exact) mass is 1410 g/mol. The van der Waals surface area contributed by atoms with Crippen LogP contribution in [0.4, 0.5) is 0 Å². The third-order valence-corrected chi connectivity index (χ3v) is 19.7. The Bertz CT molecular complexity index is 1880. The van der Waals surface area contributed by atoms with E-state index < -0.39 is 97.5 Å². The van der Waals surface area contributed by atoms with Crippen LogP contribution in [0.3, 0.4) is 0 Å². The van der Waals surface area contributed by atoms with Gasteiger partial charge in [-0.3, -0.25) is 37.3 Å². The van der Waals surface area contributed by atoms with Gasteiger partial charge in [-0.15, -0.1) is 0 Å². The van der Waals surface area contributed by atoms with Gasteiger partial charge in [0.15, 0.2) is 12.2 Å². The van der Waals surface area contributed by atoms with Crippen LogP contribution in [-0.4, -0.2) is 96.7 Å². The molecule has 0 saturated carbocycles. The Morgan fingerprint density at radius 1 is 0.260 bits per heavy atom. The summed E-state index contributed by atoms with van der Waals surface area (Å²) in [5, 5.41) is 10.6. The number of carbonyl (C=O) groups excluding carboxylic acids is 4. The van der Waals surface area contributed by atoms with Gasteiger partial charge < -0.3 is 33.8 Å². The molecule has 0 rings (SSSR count). The number of unbranched alkanes of at least 4 members (excludes halogenated alkanes) is 40. The number of aliphatic hydroxyl groups is 1. The topological polar surface area (TPSA) is 237 Å². The van der Waals surface area contributed by atoms with Crippen LogP contribution in [0.25, 0.3) is 0 Å². The summed E-state index contributed by atoms with van der Waals surface area (Å²) in [6, 6.07) is 0. The smallest absolute Gasteiger partial charge is 0.462 e. The van der Waals surface area contributed by atoms with E-state index in [4.69, 9.17) is 37.0 Å². The maximum Gasteiger partial charge on any atom is 0.472 e. The molecule has 0 aromatic heterocycles. The summed E-state index contributed by atoms with van der Waals surface area (Å²) in [7, 11) is -9.91. The molecule has 96 heavy (non-hydrogen) atoms. The first-order chi connectivity index (χ1) is 46.1. The average molecular weight is 1410 g/mol.